The highest BCUT2D eigenvalue weighted by Gasteiger charge is 2.52. The van der Waals surface area contributed by atoms with Crippen molar-refractivity contribution in [2.24, 2.45) is 5.92 Å². The Labute approximate surface area is 125 Å². The van der Waals surface area contributed by atoms with E-state index in [4.69, 9.17) is 14.9 Å². The van der Waals surface area contributed by atoms with Gasteiger partial charge in [0.05, 0.1) is 30.8 Å². The highest BCUT2D eigenvalue weighted by Crippen LogP contribution is 2.35. The normalized spacial score (nSPS) is 34.7. The van der Waals surface area contributed by atoms with Gasteiger partial charge in [0.15, 0.2) is 0 Å². The molecule has 0 spiro atoms. The average molecular weight is 323 g/mol. The second-order valence-corrected chi connectivity index (χ2v) is 5.31. The fraction of sp³-hybridized carbons (Fsp3) is 0.833. The van der Waals surface area contributed by atoms with Gasteiger partial charge in [-0.15, -0.1) is 0 Å². The molecule has 10 nitrogen and oxygen atoms in total. The van der Waals surface area contributed by atoms with Gasteiger partial charge < -0.3 is 40.7 Å². The van der Waals surface area contributed by atoms with Crippen LogP contribution >= 0.6 is 0 Å². The molecule has 0 aromatic rings. The molecule has 6 atom stereocenters. The molecule has 0 aromatic carbocycles. The molecule has 1 saturated heterocycles. The van der Waals surface area contributed by atoms with E-state index < -0.39 is 61.1 Å². The van der Waals surface area contributed by atoms with Gasteiger partial charge in [-0.05, 0) is 0 Å². The number of carboxylic acid groups (broad SMARTS) is 1. The van der Waals surface area contributed by atoms with Crippen LogP contribution in [-0.4, -0.2) is 79.4 Å². The van der Waals surface area contributed by atoms with Crippen LogP contribution in [0.1, 0.15) is 19.8 Å². The summed E-state index contributed by atoms with van der Waals surface area (Å²) in [4.78, 5) is 22.0. The molecule has 1 aliphatic rings. The Kier molecular flexibility index (Phi) is 6.23. The molecule has 10 heteroatoms. The van der Waals surface area contributed by atoms with E-state index in [0.29, 0.717) is 0 Å². The second kappa shape index (κ2) is 7.31. The van der Waals surface area contributed by atoms with Crippen LogP contribution in [0.2, 0.25) is 0 Å². The fourth-order valence-corrected chi connectivity index (χ4v) is 2.45. The summed E-state index contributed by atoms with van der Waals surface area (Å²) in [6.07, 6.45) is -6.82. The number of hydrogen-bond acceptors (Lipinski definition) is 8. The average Bonchev–Trinajstić information content (AvgIpc) is 2.36. The van der Waals surface area contributed by atoms with Gasteiger partial charge in [-0.25, -0.2) is 4.79 Å². The number of nitrogens with one attached hydrogen (secondary N) is 1. The van der Waals surface area contributed by atoms with E-state index in [2.05, 4.69) is 5.32 Å². The minimum Gasteiger partial charge on any atom is -0.477 e. The summed E-state index contributed by atoms with van der Waals surface area (Å²) in [5.41, 5.74) is 0. The van der Waals surface area contributed by atoms with E-state index in [1.54, 1.807) is 0 Å². The van der Waals surface area contributed by atoms with Gasteiger partial charge in [0, 0.05) is 19.8 Å². The number of aliphatic hydroxyl groups excluding tert-OH is 4. The number of hydrogen-bond donors (Lipinski definition) is 7. The summed E-state index contributed by atoms with van der Waals surface area (Å²) in [5, 5.41) is 59.3. The SMILES string of the molecule is CC(=O)N[C@@H](O)[C@@H]1[C@H](C[C@H](O)CO)O[C@](O)(C(=O)O)C[C@@H]1O. The summed E-state index contributed by atoms with van der Waals surface area (Å²) in [7, 11) is 0. The number of rotatable bonds is 6. The maximum Gasteiger partial charge on any atom is 0.364 e. The Morgan fingerprint density at radius 3 is 2.45 bits per heavy atom. The van der Waals surface area contributed by atoms with Crippen molar-refractivity contribution in [2.75, 3.05) is 6.61 Å². The zero-order chi connectivity index (χ0) is 17.1. The zero-order valence-corrected chi connectivity index (χ0v) is 11.9. The first kappa shape index (κ1) is 18.7. The van der Waals surface area contributed by atoms with Crippen LogP contribution in [0.5, 0.6) is 0 Å². The highest BCUT2D eigenvalue weighted by molar-refractivity contribution is 5.75. The first-order chi connectivity index (χ1) is 10.1. The van der Waals surface area contributed by atoms with E-state index in [1.165, 1.54) is 0 Å². The van der Waals surface area contributed by atoms with E-state index in [0.717, 1.165) is 6.92 Å². The van der Waals surface area contributed by atoms with E-state index in [1.807, 2.05) is 0 Å². The van der Waals surface area contributed by atoms with Crippen molar-refractivity contribution in [3.8, 4) is 0 Å². The van der Waals surface area contributed by atoms with Crippen molar-refractivity contribution < 1.29 is 45.0 Å². The minimum absolute atomic E-state index is 0.357. The van der Waals surface area contributed by atoms with Crippen LogP contribution in [0.4, 0.5) is 0 Å². The standard InChI is InChI=1S/C12H21NO9/c1-5(15)13-10(18)9-7(17)3-12(21,11(19)20)22-8(9)2-6(16)4-14/h6-10,14,16-18,21H,2-4H2,1H3,(H,13,15)(H,19,20)/t6-,7-,8-,9-,10-,12-/m0/s1. The fourth-order valence-electron chi connectivity index (χ4n) is 2.45. The van der Waals surface area contributed by atoms with Gasteiger partial charge in [0.25, 0.3) is 5.79 Å². The quantitative estimate of drug-likeness (QED) is 0.247. The molecule has 1 amide bonds. The van der Waals surface area contributed by atoms with Crippen LogP contribution in [0.3, 0.4) is 0 Å². The Hall–Kier alpha value is -1.30. The van der Waals surface area contributed by atoms with Gasteiger partial charge >= 0.3 is 5.97 Å². The molecule has 1 rings (SSSR count). The number of aliphatic carboxylic acids is 1. The maximum atomic E-state index is 11.0. The lowest BCUT2D eigenvalue weighted by Crippen LogP contribution is -2.61. The molecule has 0 aromatic heterocycles. The van der Waals surface area contributed by atoms with E-state index in [-0.39, 0.29) is 6.42 Å². The van der Waals surface area contributed by atoms with Crippen molar-refractivity contribution >= 4 is 11.9 Å². The first-order valence-corrected chi connectivity index (χ1v) is 6.66. The molecule has 0 saturated carbocycles. The van der Waals surface area contributed by atoms with Crippen molar-refractivity contribution in [2.45, 2.75) is 50.1 Å². The number of aliphatic hydroxyl groups is 5. The molecule has 7 N–H and O–H groups in total. The summed E-state index contributed by atoms with van der Waals surface area (Å²) >= 11 is 0. The maximum absolute atomic E-state index is 11.0. The third-order valence-corrected chi connectivity index (χ3v) is 3.47. The predicted octanol–water partition coefficient (Wildman–Crippen LogP) is -3.28. The Morgan fingerprint density at radius 2 is 2.00 bits per heavy atom. The van der Waals surface area contributed by atoms with Gasteiger partial charge in [-0.2, -0.15) is 0 Å². The van der Waals surface area contributed by atoms with E-state index >= 15 is 0 Å². The Morgan fingerprint density at radius 1 is 1.41 bits per heavy atom. The van der Waals surface area contributed by atoms with Crippen LogP contribution in [0, 0.1) is 5.92 Å². The van der Waals surface area contributed by atoms with Crippen LogP contribution < -0.4 is 5.32 Å². The second-order valence-electron chi connectivity index (χ2n) is 5.31. The molecular formula is C12H21NO9. The lowest BCUT2D eigenvalue weighted by Gasteiger charge is -2.44. The summed E-state index contributed by atoms with van der Waals surface area (Å²) in [6.45, 7) is 0.467. The van der Waals surface area contributed by atoms with Gasteiger partial charge in [-0.3, -0.25) is 4.79 Å². The van der Waals surface area contributed by atoms with Crippen LogP contribution in [-0.2, 0) is 14.3 Å². The molecule has 0 unspecified atom stereocenters. The minimum atomic E-state index is -2.69. The number of carbonyl (C=O) groups is 2. The van der Waals surface area contributed by atoms with Gasteiger partial charge in [0.2, 0.25) is 5.91 Å². The van der Waals surface area contributed by atoms with Gasteiger partial charge in [-0.1, -0.05) is 0 Å². The summed E-state index contributed by atoms with van der Waals surface area (Å²) < 4.78 is 5.01. The molecule has 128 valence electrons. The van der Waals surface area contributed by atoms with Crippen molar-refractivity contribution in [1.29, 1.82) is 0 Å². The van der Waals surface area contributed by atoms with Crippen molar-refractivity contribution in [1.82, 2.24) is 5.32 Å². The molecule has 0 aliphatic carbocycles. The van der Waals surface area contributed by atoms with Crippen molar-refractivity contribution in [3.63, 3.8) is 0 Å². The zero-order valence-electron chi connectivity index (χ0n) is 11.9. The lowest BCUT2D eigenvalue weighted by atomic mass is 9.83. The molecule has 0 radical (unpaired) electrons. The topological polar surface area (TPSA) is 177 Å². The third-order valence-electron chi connectivity index (χ3n) is 3.47. The number of carboxylic acids is 1. The predicted molar refractivity (Wildman–Crippen MR) is 69.1 cm³/mol. The smallest absolute Gasteiger partial charge is 0.364 e. The Bertz CT molecular complexity index is 417. The third kappa shape index (κ3) is 4.35. The van der Waals surface area contributed by atoms with Crippen LogP contribution in [0.15, 0.2) is 0 Å². The molecule has 22 heavy (non-hydrogen) atoms. The summed E-state index contributed by atoms with van der Waals surface area (Å²) in [5.74, 6) is -6.21. The lowest BCUT2D eigenvalue weighted by molar-refractivity contribution is -0.297. The molecular weight excluding hydrogens is 302 g/mol. The Balaban J connectivity index is 3.01. The molecule has 1 heterocycles. The largest absolute Gasteiger partial charge is 0.477 e. The highest BCUT2D eigenvalue weighted by atomic mass is 16.7. The summed E-state index contributed by atoms with van der Waals surface area (Å²) in [6, 6.07) is 0. The van der Waals surface area contributed by atoms with Gasteiger partial charge in [0.1, 0.15) is 6.23 Å². The van der Waals surface area contributed by atoms with Crippen molar-refractivity contribution in [3.05, 3.63) is 0 Å². The van der Waals surface area contributed by atoms with Crippen LogP contribution in [0.25, 0.3) is 0 Å². The number of amides is 1. The molecule has 1 aliphatic heterocycles. The van der Waals surface area contributed by atoms with E-state index in [9.17, 15) is 30.0 Å². The monoisotopic (exact) mass is 323 g/mol. The molecule has 1 fully saturated rings. The number of ether oxygens (including phenoxy) is 1. The number of carbonyl (C=O) groups excluding carboxylic acids is 1. The molecule has 0 bridgehead atoms. The first-order valence-electron chi connectivity index (χ1n) is 6.66.